The van der Waals surface area contributed by atoms with Gasteiger partial charge in [0.05, 0.1) is 29.1 Å². The SMILES string of the molecule is COC(=O)c1ccc(Cl)c(NC(=O)CSc2nnc(-c3ccccc3)c(-c3ccccc3)n2)c1. The van der Waals surface area contributed by atoms with Gasteiger partial charge in [-0.1, -0.05) is 84.0 Å². The minimum absolute atomic E-state index is 0.0272. The summed E-state index contributed by atoms with van der Waals surface area (Å²) in [6.45, 7) is 0. The summed E-state index contributed by atoms with van der Waals surface area (Å²) in [5.41, 5.74) is 3.74. The van der Waals surface area contributed by atoms with Crippen molar-refractivity contribution in [3.05, 3.63) is 89.4 Å². The third-order valence-electron chi connectivity index (χ3n) is 4.76. The van der Waals surface area contributed by atoms with E-state index in [1.54, 1.807) is 0 Å². The van der Waals surface area contributed by atoms with Gasteiger partial charge < -0.3 is 10.1 Å². The molecule has 4 rings (SSSR count). The van der Waals surface area contributed by atoms with E-state index in [0.29, 0.717) is 27.3 Å². The van der Waals surface area contributed by atoms with Crippen LogP contribution in [0.1, 0.15) is 10.4 Å². The monoisotopic (exact) mass is 490 g/mol. The van der Waals surface area contributed by atoms with Gasteiger partial charge in [0.25, 0.3) is 0 Å². The number of benzene rings is 3. The third kappa shape index (κ3) is 5.59. The number of carbonyl (C=O) groups excluding carboxylic acids is 2. The summed E-state index contributed by atoms with van der Waals surface area (Å²) in [6.07, 6.45) is 0. The Balaban J connectivity index is 1.53. The van der Waals surface area contributed by atoms with Gasteiger partial charge in [-0.2, -0.15) is 0 Å². The molecule has 170 valence electrons. The van der Waals surface area contributed by atoms with Gasteiger partial charge >= 0.3 is 5.97 Å². The van der Waals surface area contributed by atoms with E-state index in [4.69, 9.17) is 16.3 Å². The Labute approximate surface area is 205 Å². The molecule has 0 saturated carbocycles. The van der Waals surface area contributed by atoms with E-state index in [-0.39, 0.29) is 17.2 Å². The highest BCUT2D eigenvalue weighted by atomic mass is 35.5. The first-order chi connectivity index (χ1) is 16.5. The zero-order valence-corrected chi connectivity index (χ0v) is 19.6. The predicted molar refractivity (Wildman–Crippen MR) is 133 cm³/mol. The molecular weight excluding hydrogens is 472 g/mol. The van der Waals surface area contributed by atoms with Crippen LogP contribution < -0.4 is 5.32 Å². The van der Waals surface area contributed by atoms with Crippen molar-refractivity contribution in [2.75, 3.05) is 18.2 Å². The van der Waals surface area contributed by atoms with E-state index in [1.807, 2.05) is 60.7 Å². The summed E-state index contributed by atoms with van der Waals surface area (Å²) in [4.78, 5) is 29.0. The molecule has 1 amide bonds. The lowest BCUT2D eigenvalue weighted by Crippen LogP contribution is -2.15. The van der Waals surface area contributed by atoms with Crippen molar-refractivity contribution in [2.24, 2.45) is 0 Å². The van der Waals surface area contributed by atoms with Crippen molar-refractivity contribution in [1.29, 1.82) is 0 Å². The van der Waals surface area contributed by atoms with Gasteiger partial charge in [0.15, 0.2) is 0 Å². The zero-order chi connectivity index (χ0) is 23.9. The molecule has 0 radical (unpaired) electrons. The van der Waals surface area contributed by atoms with E-state index >= 15 is 0 Å². The topological polar surface area (TPSA) is 94.1 Å². The lowest BCUT2D eigenvalue weighted by molar-refractivity contribution is -0.113. The first-order valence-electron chi connectivity index (χ1n) is 10.2. The number of nitrogens with zero attached hydrogens (tertiary/aromatic N) is 3. The average molecular weight is 491 g/mol. The zero-order valence-electron chi connectivity index (χ0n) is 18.1. The number of ether oxygens (including phenoxy) is 1. The number of rotatable bonds is 7. The van der Waals surface area contributed by atoms with Crippen LogP contribution in [0.2, 0.25) is 5.02 Å². The molecule has 0 fully saturated rings. The minimum atomic E-state index is -0.520. The Morgan fingerprint density at radius 3 is 2.21 bits per heavy atom. The first kappa shape index (κ1) is 23.4. The molecule has 0 saturated heterocycles. The molecule has 0 aliphatic rings. The van der Waals surface area contributed by atoms with Crippen molar-refractivity contribution in [2.45, 2.75) is 5.16 Å². The van der Waals surface area contributed by atoms with Crippen LogP contribution in [0.4, 0.5) is 5.69 Å². The molecule has 1 aromatic heterocycles. The van der Waals surface area contributed by atoms with E-state index in [1.165, 1.54) is 25.3 Å². The molecule has 1 N–H and O–H groups in total. The number of hydrogen-bond acceptors (Lipinski definition) is 7. The standard InChI is InChI=1S/C25H19ClN4O3S/c1-33-24(32)18-12-13-19(26)20(14-18)27-21(31)15-34-25-28-22(16-8-4-2-5-9-16)23(29-30-25)17-10-6-3-7-11-17/h2-14H,15H2,1H3,(H,27,31). The van der Waals surface area contributed by atoms with Crippen LogP contribution in [0.5, 0.6) is 0 Å². The highest BCUT2D eigenvalue weighted by molar-refractivity contribution is 7.99. The van der Waals surface area contributed by atoms with Crippen LogP contribution in [0, 0.1) is 0 Å². The second-order valence-corrected chi connectivity index (χ2v) is 8.40. The van der Waals surface area contributed by atoms with Gasteiger partial charge in [-0.25, -0.2) is 9.78 Å². The van der Waals surface area contributed by atoms with Crippen LogP contribution in [-0.2, 0) is 9.53 Å². The van der Waals surface area contributed by atoms with Gasteiger partial charge in [-0.05, 0) is 18.2 Å². The molecule has 9 heteroatoms. The summed E-state index contributed by atoms with van der Waals surface area (Å²) in [7, 11) is 1.28. The van der Waals surface area contributed by atoms with Crippen molar-refractivity contribution in [3.63, 3.8) is 0 Å². The normalized spacial score (nSPS) is 10.5. The Bertz CT molecular complexity index is 1320. The molecule has 0 aliphatic heterocycles. The lowest BCUT2D eigenvalue weighted by atomic mass is 10.0. The molecule has 0 bridgehead atoms. The summed E-state index contributed by atoms with van der Waals surface area (Å²) in [5, 5.41) is 12.0. The molecule has 0 aliphatic carbocycles. The molecule has 3 aromatic carbocycles. The van der Waals surface area contributed by atoms with Gasteiger partial charge in [-0.3, -0.25) is 4.79 Å². The van der Waals surface area contributed by atoms with Gasteiger partial charge in [0.2, 0.25) is 11.1 Å². The van der Waals surface area contributed by atoms with Crippen LogP contribution in [-0.4, -0.2) is 39.9 Å². The molecule has 1 heterocycles. The van der Waals surface area contributed by atoms with Crippen LogP contribution in [0.15, 0.2) is 84.0 Å². The molecule has 0 spiro atoms. The minimum Gasteiger partial charge on any atom is -0.465 e. The van der Waals surface area contributed by atoms with E-state index in [0.717, 1.165) is 22.9 Å². The molecule has 4 aromatic rings. The van der Waals surface area contributed by atoms with Crippen molar-refractivity contribution in [1.82, 2.24) is 15.2 Å². The highest BCUT2D eigenvalue weighted by Gasteiger charge is 2.16. The maximum atomic E-state index is 12.5. The number of hydrogen-bond donors (Lipinski definition) is 1. The number of anilines is 1. The third-order valence-corrected chi connectivity index (χ3v) is 5.92. The number of nitrogens with one attached hydrogen (secondary N) is 1. The maximum Gasteiger partial charge on any atom is 0.337 e. The number of aromatic nitrogens is 3. The summed E-state index contributed by atoms with van der Waals surface area (Å²) < 4.78 is 4.71. The Morgan fingerprint density at radius 1 is 0.912 bits per heavy atom. The Morgan fingerprint density at radius 2 is 1.56 bits per heavy atom. The summed E-state index contributed by atoms with van der Waals surface area (Å²) in [6, 6.07) is 23.9. The second kappa shape index (κ2) is 10.9. The number of thioether (sulfide) groups is 1. The van der Waals surface area contributed by atoms with Gasteiger partial charge in [0, 0.05) is 11.1 Å². The molecular formula is C25H19ClN4O3S. The fourth-order valence-corrected chi connectivity index (χ4v) is 3.89. The fraction of sp³-hybridized carbons (Fsp3) is 0.0800. The molecule has 7 nitrogen and oxygen atoms in total. The number of halogens is 1. The predicted octanol–water partition coefficient (Wildman–Crippen LogP) is 5.38. The summed E-state index contributed by atoms with van der Waals surface area (Å²) in [5.74, 6) is -0.821. The van der Waals surface area contributed by atoms with E-state index < -0.39 is 5.97 Å². The number of amides is 1. The van der Waals surface area contributed by atoms with Gasteiger partial charge in [-0.15, -0.1) is 10.2 Å². The van der Waals surface area contributed by atoms with Crippen LogP contribution in [0.25, 0.3) is 22.5 Å². The lowest BCUT2D eigenvalue weighted by Gasteiger charge is -2.10. The van der Waals surface area contributed by atoms with Crippen LogP contribution in [0.3, 0.4) is 0 Å². The maximum absolute atomic E-state index is 12.5. The van der Waals surface area contributed by atoms with Crippen molar-refractivity contribution >= 4 is 40.9 Å². The number of carbonyl (C=O) groups is 2. The van der Waals surface area contributed by atoms with Crippen LogP contribution >= 0.6 is 23.4 Å². The molecule has 34 heavy (non-hydrogen) atoms. The van der Waals surface area contributed by atoms with E-state index in [2.05, 4.69) is 20.5 Å². The Kier molecular flexibility index (Phi) is 7.51. The molecule has 0 atom stereocenters. The first-order valence-corrected chi connectivity index (χ1v) is 11.6. The number of methoxy groups -OCH3 is 1. The fourth-order valence-electron chi connectivity index (χ4n) is 3.14. The highest BCUT2D eigenvalue weighted by Crippen LogP contribution is 2.30. The smallest absolute Gasteiger partial charge is 0.337 e. The summed E-state index contributed by atoms with van der Waals surface area (Å²) >= 11 is 7.31. The average Bonchev–Trinajstić information content (AvgIpc) is 2.89. The Hall–Kier alpha value is -3.75. The number of esters is 1. The molecule has 0 unspecified atom stereocenters. The van der Waals surface area contributed by atoms with Crippen molar-refractivity contribution < 1.29 is 14.3 Å². The second-order valence-electron chi connectivity index (χ2n) is 7.05. The van der Waals surface area contributed by atoms with Gasteiger partial charge in [0.1, 0.15) is 11.4 Å². The largest absolute Gasteiger partial charge is 0.465 e. The van der Waals surface area contributed by atoms with E-state index in [9.17, 15) is 9.59 Å². The quantitative estimate of drug-likeness (QED) is 0.274. The van der Waals surface area contributed by atoms with Crippen molar-refractivity contribution in [3.8, 4) is 22.5 Å².